The van der Waals surface area contributed by atoms with Crippen LogP contribution in [0.3, 0.4) is 0 Å². The van der Waals surface area contributed by atoms with Gasteiger partial charge in [0.05, 0.1) is 25.8 Å². The summed E-state index contributed by atoms with van der Waals surface area (Å²) in [4.78, 5) is 22.5. The number of nitrogens with one attached hydrogen (secondary N) is 2. The Morgan fingerprint density at radius 2 is 1.37 bits per heavy atom. The first-order valence-corrected chi connectivity index (χ1v) is 13.0. The summed E-state index contributed by atoms with van der Waals surface area (Å²) in [6, 6.07) is 9.79. The van der Waals surface area contributed by atoms with Gasteiger partial charge in [-0.25, -0.2) is 23.6 Å². The number of hydrogen-bond donors (Lipinski definition) is 2. The Hall–Kier alpha value is -4.86. The predicted octanol–water partition coefficient (Wildman–Crippen LogP) is 2.42. The number of aromatic nitrogens is 5. The van der Waals surface area contributed by atoms with Gasteiger partial charge >= 0.3 is 12.2 Å². The molecule has 12 nitrogen and oxygen atoms in total. The molecule has 0 spiro atoms. The first-order valence-electron chi connectivity index (χ1n) is 11.6. The molecule has 0 aromatic carbocycles. The second-order valence-electron chi connectivity index (χ2n) is 8.19. The van der Waals surface area contributed by atoms with E-state index in [0.717, 1.165) is 12.3 Å². The van der Waals surface area contributed by atoms with Crippen LogP contribution in [0.4, 0.5) is 23.9 Å². The number of halogens is 3. The van der Waals surface area contributed by atoms with Crippen LogP contribution in [0.2, 0.25) is 0 Å². The summed E-state index contributed by atoms with van der Waals surface area (Å²) in [5.41, 5.74) is 0.983. The normalized spacial score (nSPS) is 11.1. The molecule has 0 radical (unpaired) electrons. The summed E-state index contributed by atoms with van der Waals surface area (Å²) in [5.74, 6) is -0.427. The van der Waals surface area contributed by atoms with Gasteiger partial charge in [0.1, 0.15) is 14.1 Å². The molecule has 0 aliphatic heterocycles. The molecule has 0 saturated carbocycles. The molecule has 4 aromatic rings. The number of carbonyl (C=O) groups excluding carboxylic acids is 1. The lowest BCUT2D eigenvalue weighted by atomic mass is 10.1. The number of urea groups is 1. The number of methoxy groups -OCH3 is 2. The Balaban J connectivity index is 0.000000275. The fourth-order valence-electron chi connectivity index (χ4n) is 3.17. The minimum Gasteiger partial charge on any atom is -0.481 e. The maximum atomic E-state index is 12.9. The largest absolute Gasteiger partial charge is 0.481 e. The van der Waals surface area contributed by atoms with Crippen LogP contribution in [-0.4, -0.2) is 43.6 Å². The number of anilines is 1. The van der Waals surface area contributed by atoms with Crippen LogP contribution in [0.5, 0.6) is 11.8 Å². The Labute approximate surface area is 233 Å². The van der Waals surface area contributed by atoms with Gasteiger partial charge in [-0.05, 0) is 23.3 Å². The third-order valence-corrected chi connectivity index (χ3v) is 6.46. The van der Waals surface area contributed by atoms with E-state index >= 15 is 0 Å². The minimum atomic E-state index is -4.99. The highest BCUT2D eigenvalue weighted by Gasteiger charge is 2.38. The maximum Gasteiger partial charge on any atom is 0.419 e. The van der Waals surface area contributed by atoms with Crippen molar-refractivity contribution in [2.24, 2.45) is 14.1 Å². The number of pyridine rings is 3. The van der Waals surface area contributed by atoms with Crippen molar-refractivity contribution in [1.29, 1.82) is 0 Å². The lowest BCUT2D eigenvalue weighted by molar-refractivity contribution is -0.671. The van der Waals surface area contributed by atoms with Crippen LogP contribution in [0, 0.1) is 0 Å². The molecule has 0 aliphatic carbocycles. The van der Waals surface area contributed by atoms with Crippen LogP contribution in [-0.2, 0) is 30.3 Å². The van der Waals surface area contributed by atoms with Crippen molar-refractivity contribution in [1.82, 2.24) is 19.7 Å². The highest BCUT2D eigenvalue weighted by Crippen LogP contribution is 2.32. The van der Waals surface area contributed by atoms with Crippen molar-refractivity contribution in [3.8, 4) is 22.9 Å². The zero-order valence-corrected chi connectivity index (χ0v) is 23.1. The van der Waals surface area contributed by atoms with Gasteiger partial charge in [-0.1, -0.05) is 0 Å². The molecule has 0 bridgehead atoms. The molecule has 16 heteroatoms. The fourth-order valence-corrected chi connectivity index (χ4v) is 4.24. The summed E-state index contributed by atoms with van der Waals surface area (Å²) in [7, 11) is 1.66. The number of carbonyl (C=O) groups is 1. The molecule has 41 heavy (non-hydrogen) atoms. The van der Waals surface area contributed by atoms with Crippen molar-refractivity contribution in [2.75, 3.05) is 19.5 Å². The smallest absolute Gasteiger partial charge is 0.419 e. The minimum absolute atomic E-state index is 0.0101. The lowest BCUT2D eigenvalue weighted by Crippen LogP contribution is -2.36. The molecular formula is C25H26F3N7O5S+2. The van der Waals surface area contributed by atoms with Gasteiger partial charge in [-0.2, -0.15) is 31.6 Å². The Morgan fingerprint density at radius 3 is 1.80 bits per heavy atom. The van der Waals surface area contributed by atoms with Gasteiger partial charge < -0.3 is 9.47 Å². The van der Waals surface area contributed by atoms with Gasteiger partial charge in [0.2, 0.25) is 17.7 Å². The molecule has 0 atom stereocenters. The van der Waals surface area contributed by atoms with E-state index in [1.807, 2.05) is 28.5 Å². The number of ether oxygens (including phenoxy) is 2. The summed E-state index contributed by atoms with van der Waals surface area (Å²) in [6.07, 6.45) is 4.09. The van der Waals surface area contributed by atoms with Gasteiger partial charge in [0, 0.05) is 30.5 Å². The number of amides is 2. The number of hydrogen-bond acceptors (Lipinski definition) is 8. The van der Waals surface area contributed by atoms with Gasteiger partial charge in [-0.15, -0.1) is 0 Å². The zero-order chi connectivity index (χ0) is 30.2. The molecule has 4 aromatic heterocycles. The number of sulfonamides is 1. The van der Waals surface area contributed by atoms with E-state index in [-0.39, 0.29) is 11.8 Å². The molecule has 0 unspecified atom stereocenters. The Morgan fingerprint density at radius 1 is 0.878 bits per heavy atom. The van der Waals surface area contributed by atoms with E-state index < -0.39 is 38.8 Å². The molecule has 2 N–H and O–H groups in total. The van der Waals surface area contributed by atoms with E-state index in [4.69, 9.17) is 9.47 Å². The SMILES string of the molecule is COc1cc(OC)nc(NC(=O)NS(=O)(=O)c2ncccc2C(F)(F)F)n1.C[n+]1ccc(-c2cc[n+](C)cc2)cc1. The summed E-state index contributed by atoms with van der Waals surface area (Å²) < 4.78 is 78.3. The monoisotopic (exact) mass is 593 g/mol. The van der Waals surface area contributed by atoms with Gasteiger partial charge in [-0.3, -0.25) is 5.32 Å². The van der Waals surface area contributed by atoms with Gasteiger partial charge in [0.15, 0.2) is 29.8 Å². The second kappa shape index (κ2) is 13.0. The molecule has 0 saturated heterocycles. The molecule has 216 valence electrons. The molecule has 0 aliphatic rings. The molecular weight excluding hydrogens is 567 g/mol. The maximum absolute atomic E-state index is 12.9. The average Bonchev–Trinajstić information content (AvgIpc) is 2.93. The van der Waals surface area contributed by atoms with E-state index in [1.54, 1.807) is 0 Å². The van der Waals surface area contributed by atoms with Crippen LogP contribution in [0.15, 0.2) is 78.5 Å². The van der Waals surface area contributed by atoms with E-state index in [2.05, 4.69) is 64.0 Å². The van der Waals surface area contributed by atoms with E-state index in [0.29, 0.717) is 6.07 Å². The first-order chi connectivity index (χ1) is 19.3. The van der Waals surface area contributed by atoms with Gasteiger partial charge in [0.25, 0.3) is 10.0 Å². The van der Waals surface area contributed by atoms with Crippen molar-refractivity contribution in [3.05, 3.63) is 79.0 Å². The number of nitrogens with zero attached hydrogens (tertiary/aromatic N) is 5. The van der Waals surface area contributed by atoms with E-state index in [9.17, 15) is 26.4 Å². The quantitative estimate of drug-likeness (QED) is 0.325. The predicted molar refractivity (Wildman–Crippen MR) is 138 cm³/mol. The van der Waals surface area contributed by atoms with Crippen LogP contribution < -0.4 is 28.6 Å². The molecule has 4 rings (SSSR count). The van der Waals surface area contributed by atoms with Crippen LogP contribution in [0.1, 0.15) is 5.56 Å². The third kappa shape index (κ3) is 8.56. The average molecular weight is 594 g/mol. The molecule has 4 heterocycles. The Bertz CT molecular complexity index is 1540. The Kier molecular flexibility index (Phi) is 9.72. The topological polar surface area (TPSA) is 140 Å². The number of aryl methyl sites for hydroxylation is 2. The van der Waals surface area contributed by atoms with Crippen LogP contribution >= 0.6 is 0 Å². The number of alkyl halides is 3. The fraction of sp³-hybridized carbons (Fsp3) is 0.200. The van der Waals surface area contributed by atoms with Crippen molar-refractivity contribution in [3.63, 3.8) is 0 Å². The standard InChI is InChI=1S/C13H12F3N5O5S.C12H14N2/c1-25-8-6-9(26-2)19-11(18-8)20-12(22)21-27(23,24)10-7(13(14,15)16)4-3-5-17-10;1-13-7-3-11(4-8-13)12-5-9-14(2)10-6-12/h3-6H,1-2H3,(H2,18,19,20,21,22);3-10H,1-2H3/q;+2. The van der Waals surface area contributed by atoms with Crippen molar-refractivity contribution < 1.29 is 45.0 Å². The summed E-state index contributed by atoms with van der Waals surface area (Å²) in [5, 5.41) is 0.605. The molecule has 0 fully saturated rings. The third-order valence-electron chi connectivity index (χ3n) is 5.17. The van der Waals surface area contributed by atoms with Crippen molar-refractivity contribution in [2.45, 2.75) is 11.2 Å². The summed E-state index contributed by atoms with van der Waals surface area (Å²) >= 11 is 0. The van der Waals surface area contributed by atoms with Crippen molar-refractivity contribution >= 4 is 22.0 Å². The zero-order valence-electron chi connectivity index (χ0n) is 22.2. The lowest BCUT2D eigenvalue weighted by Gasteiger charge is -2.13. The van der Waals surface area contributed by atoms with E-state index in [1.165, 1.54) is 36.1 Å². The highest BCUT2D eigenvalue weighted by atomic mass is 32.2. The summed E-state index contributed by atoms with van der Waals surface area (Å²) in [6.45, 7) is 0. The second-order valence-corrected chi connectivity index (χ2v) is 9.79. The number of rotatable bonds is 6. The highest BCUT2D eigenvalue weighted by molar-refractivity contribution is 7.90. The van der Waals surface area contributed by atoms with Crippen LogP contribution in [0.25, 0.3) is 11.1 Å². The first kappa shape index (κ1) is 30.7. The molecule has 2 amide bonds.